The molecule has 1 unspecified atom stereocenters. The van der Waals surface area contributed by atoms with Gasteiger partial charge in [0.05, 0.1) is 35.6 Å². The van der Waals surface area contributed by atoms with E-state index in [1.807, 2.05) is 42.5 Å². The number of β-amino-alcohol motifs (C(OH)–C–C–N with tert-alkyl or cyclic N) is 1. The minimum atomic E-state index is -0.595. The second kappa shape index (κ2) is 14.8. The maximum absolute atomic E-state index is 10.5. The third-order valence-electron chi connectivity index (χ3n) is 5.95. The van der Waals surface area contributed by atoms with Gasteiger partial charge < -0.3 is 19.5 Å². The highest BCUT2D eigenvalue weighted by atomic mass is 35.5. The number of ether oxygens (including phenoxy) is 2. The van der Waals surface area contributed by atoms with Crippen molar-refractivity contribution >= 4 is 17.3 Å². The molecule has 3 aromatic rings. The number of hydrogen-bond donors (Lipinski definition) is 1. The summed E-state index contributed by atoms with van der Waals surface area (Å²) in [5.41, 5.74) is 2.90. The van der Waals surface area contributed by atoms with E-state index in [1.165, 1.54) is 0 Å². The van der Waals surface area contributed by atoms with Crippen molar-refractivity contribution in [2.45, 2.75) is 6.10 Å². The molecule has 0 aromatic heterocycles. The van der Waals surface area contributed by atoms with Crippen LogP contribution in [0.1, 0.15) is 22.8 Å². The van der Waals surface area contributed by atoms with Crippen molar-refractivity contribution in [1.29, 1.82) is 10.5 Å². The summed E-state index contributed by atoms with van der Waals surface area (Å²) < 4.78 is 10.6. The standard InChI is InChI=1S/C23H26N4O3.C6H5Cl/c1-29-12-13-30-21-6-7-22(20(14-21)16-25)27-10-8-26(9-11-27)17-23(28)19-4-2-18(15-24)3-5-19;7-6-4-2-1-3-5-6/h2-7,14,23,28H,8-13,17H2,1H3;1-5H. The molecule has 8 heteroatoms. The maximum Gasteiger partial charge on any atom is 0.120 e. The molecule has 7 nitrogen and oxygen atoms in total. The molecule has 3 aromatic carbocycles. The fourth-order valence-corrected chi connectivity index (χ4v) is 4.07. The monoisotopic (exact) mass is 518 g/mol. The van der Waals surface area contributed by atoms with Gasteiger partial charge in [0.15, 0.2) is 0 Å². The summed E-state index contributed by atoms with van der Waals surface area (Å²) >= 11 is 5.54. The van der Waals surface area contributed by atoms with Crippen molar-refractivity contribution in [3.63, 3.8) is 0 Å². The number of hydrogen-bond acceptors (Lipinski definition) is 7. The molecule has 1 saturated heterocycles. The van der Waals surface area contributed by atoms with E-state index in [1.54, 1.807) is 37.4 Å². The first-order valence-electron chi connectivity index (χ1n) is 12.1. The molecule has 1 heterocycles. The molecule has 0 radical (unpaired) electrons. The lowest BCUT2D eigenvalue weighted by Gasteiger charge is -2.37. The third kappa shape index (κ3) is 8.78. The van der Waals surface area contributed by atoms with E-state index in [0.29, 0.717) is 36.6 Å². The predicted molar refractivity (Wildman–Crippen MR) is 145 cm³/mol. The van der Waals surface area contributed by atoms with E-state index >= 15 is 0 Å². The third-order valence-corrected chi connectivity index (χ3v) is 6.20. The van der Waals surface area contributed by atoms with Gasteiger partial charge in [-0.3, -0.25) is 4.90 Å². The smallest absolute Gasteiger partial charge is 0.120 e. The molecule has 0 amide bonds. The Morgan fingerprint density at radius 2 is 1.62 bits per heavy atom. The Hall–Kier alpha value is -3.59. The average Bonchev–Trinajstić information content (AvgIpc) is 2.94. The number of methoxy groups -OCH3 is 1. The molecule has 0 saturated carbocycles. The van der Waals surface area contributed by atoms with Crippen molar-refractivity contribution in [1.82, 2.24) is 4.90 Å². The van der Waals surface area contributed by atoms with Gasteiger partial charge in [-0.15, -0.1) is 0 Å². The van der Waals surface area contributed by atoms with Gasteiger partial charge in [0.2, 0.25) is 0 Å². The summed E-state index contributed by atoms with van der Waals surface area (Å²) in [4.78, 5) is 4.41. The lowest BCUT2D eigenvalue weighted by molar-refractivity contribution is 0.109. The van der Waals surface area contributed by atoms with E-state index in [9.17, 15) is 10.4 Å². The van der Waals surface area contributed by atoms with Crippen LogP contribution < -0.4 is 9.64 Å². The molecule has 37 heavy (non-hydrogen) atoms. The van der Waals surface area contributed by atoms with Gasteiger partial charge in [-0.25, -0.2) is 0 Å². The number of halogens is 1. The fourth-order valence-electron chi connectivity index (χ4n) is 3.93. The molecule has 0 bridgehead atoms. The molecule has 0 aliphatic carbocycles. The molecule has 0 spiro atoms. The van der Waals surface area contributed by atoms with Crippen LogP contribution in [0.4, 0.5) is 5.69 Å². The Balaban J connectivity index is 0.000000468. The van der Waals surface area contributed by atoms with Crippen LogP contribution in [0.5, 0.6) is 5.75 Å². The first-order valence-corrected chi connectivity index (χ1v) is 12.4. The van der Waals surface area contributed by atoms with Gasteiger partial charge in [-0.05, 0) is 48.0 Å². The summed E-state index contributed by atoms with van der Waals surface area (Å²) in [6.07, 6.45) is -0.595. The van der Waals surface area contributed by atoms with Crippen LogP contribution in [-0.2, 0) is 4.74 Å². The number of aliphatic hydroxyl groups is 1. The maximum atomic E-state index is 10.5. The van der Waals surface area contributed by atoms with Gasteiger partial charge in [0.25, 0.3) is 0 Å². The largest absolute Gasteiger partial charge is 0.491 e. The van der Waals surface area contributed by atoms with Crippen LogP contribution in [0.3, 0.4) is 0 Å². The van der Waals surface area contributed by atoms with E-state index in [0.717, 1.165) is 42.5 Å². The van der Waals surface area contributed by atoms with E-state index in [-0.39, 0.29) is 0 Å². The van der Waals surface area contributed by atoms with E-state index in [2.05, 4.69) is 21.9 Å². The fraction of sp³-hybridized carbons (Fsp3) is 0.310. The van der Waals surface area contributed by atoms with E-state index < -0.39 is 6.10 Å². The molecule has 1 aliphatic rings. The van der Waals surface area contributed by atoms with Gasteiger partial charge in [0, 0.05) is 44.9 Å². The topological polar surface area (TPSA) is 92.8 Å². The Morgan fingerprint density at radius 3 is 2.19 bits per heavy atom. The first-order chi connectivity index (χ1) is 18.0. The Labute approximate surface area is 223 Å². The SMILES string of the molecule is COCCOc1ccc(N2CCN(CC(O)c3ccc(C#N)cc3)CC2)c(C#N)c1.Clc1ccccc1. The average molecular weight is 519 g/mol. The highest BCUT2D eigenvalue weighted by molar-refractivity contribution is 6.30. The number of nitrogens with zero attached hydrogens (tertiary/aromatic N) is 4. The van der Waals surface area contributed by atoms with Crippen molar-refractivity contribution in [3.05, 3.63) is 94.5 Å². The second-order valence-corrected chi connectivity index (χ2v) is 8.90. The van der Waals surface area contributed by atoms with Crippen LogP contribution in [-0.4, -0.2) is 63.1 Å². The number of aliphatic hydroxyl groups excluding tert-OH is 1. The minimum absolute atomic E-state index is 0.445. The van der Waals surface area contributed by atoms with Crippen LogP contribution in [0.2, 0.25) is 5.02 Å². The first kappa shape index (κ1) is 28.0. The zero-order valence-electron chi connectivity index (χ0n) is 20.9. The van der Waals surface area contributed by atoms with Crippen LogP contribution in [0.25, 0.3) is 0 Å². The number of benzene rings is 3. The predicted octanol–water partition coefficient (Wildman–Crippen LogP) is 4.65. The number of anilines is 1. The zero-order chi connectivity index (χ0) is 26.5. The highest BCUT2D eigenvalue weighted by Crippen LogP contribution is 2.26. The molecule has 192 valence electrons. The Morgan fingerprint density at radius 1 is 0.919 bits per heavy atom. The van der Waals surface area contributed by atoms with Crippen molar-refractivity contribution < 1.29 is 14.6 Å². The zero-order valence-corrected chi connectivity index (χ0v) is 21.6. The Kier molecular flexibility index (Phi) is 11.2. The molecule has 4 rings (SSSR count). The summed E-state index contributed by atoms with van der Waals surface area (Å²) in [7, 11) is 1.62. The second-order valence-electron chi connectivity index (χ2n) is 8.46. The highest BCUT2D eigenvalue weighted by Gasteiger charge is 2.22. The van der Waals surface area contributed by atoms with Gasteiger partial charge in [-0.1, -0.05) is 41.9 Å². The van der Waals surface area contributed by atoms with E-state index in [4.69, 9.17) is 26.3 Å². The van der Waals surface area contributed by atoms with Crippen LogP contribution in [0, 0.1) is 22.7 Å². The Bertz CT molecular complexity index is 1180. The molecule has 1 atom stereocenters. The number of rotatable bonds is 8. The molecule has 1 fully saturated rings. The number of piperazine rings is 1. The van der Waals surface area contributed by atoms with Crippen molar-refractivity contribution in [3.8, 4) is 17.9 Å². The lowest BCUT2D eigenvalue weighted by Crippen LogP contribution is -2.47. The molecular weight excluding hydrogens is 488 g/mol. The summed E-state index contributed by atoms with van der Waals surface area (Å²) in [5.74, 6) is 0.663. The van der Waals surface area contributed by atoms with Crippen LogP contribution >= 0.6 is 11.6 Å². The minimum Gasteiger partial charge on any atom is -0.491 e. The van der Waals surface area contributed by atoms with Gasteiger partial charge in [-0.2, -0.15) is 10.5 Å². The van der Waals surface area contributed by atoms with Crippen molar-refractivity contribution in [2.24, 2.45) is 0 Å². The summed E-state index contributed by atoms with van der Waals surface area (Å²) in [6.45, 7) is 4.63. The number of nitriles is 2. The molecular formula is C29H31ClN4O3. The van der Waals surface area contributed by atoms with Gasteiger partial charge in [0.1, 0.15) is 18.4 Å². The summed E-state index contributed by atoms with van der Waals surface area (Å²) in [5, 5.41) is 29.8. The lowest BCUT2D eigenvalue weighted by atomic mass is 10.1. The van der Waals surface area contributed by atoms with Gasteiger partial charge >= 0.3 is 0 Å². The van der Waals surface area contributed by atoms with Crippen LogP contribution in [0.15, 0.2) is 72.8 Å². The summed E-state index contributed by atoms with van der Waals surface area (Å²) in [6, 6.07) is 26.4. The molecule has 1 N–H and O–H groups in total. The normalized spacial score (nSPS) is 14.0. The molecule has 1 aliphatic heterocycles. The van der Waals surface area contributed by atoms with Crippen molar-refractivity contribution in [2.75, 3.05) is 57.9 Å². The quantitative estimate of drug-likeness (QED) is 0.434.